The molecule has 4 nitrogen and oxygen atoms in total. The van der Waals surface area contributed by atoms with Crippen molar-refractivity contribution in [2.75, 3.05) is 32.7 Å². The summed E-state index contributed by atoms with van der Waals surface area (Å²) in [6, 6.07) is 11.0. The Morgan fingerprint density at radius 1 is 1.15 bits per heavy atom. The highest BCUT2D eigenvalue weighted by molar-refractivity contribution is 5.80. The summed E-state index contributed by atoms with van der Waals surface area (Å²) in [5, 5.41) is 3.35. The molecule has 1 heterocycles. The van der Waals surface area contributed by atoms with Crippen molar-refractivity contribution in [1.29, 1.82) is 0 Å². The lowest BCUT2D eigenvalue weighted by Gasteiger charge is -2.34. The third-order valence-corrected chi connectivity index (χ3v) is 6.56. The molecule has 148 valence electrons. The van der Waals surface area contributed by atoms with Crippen LogP contribution in [-0.2, 0) is 4.79 Å². The number of benzene rings is 1. The molecular formula is C23H37N3O+2. The molecule has 1 aromatic rings. The van der Waals surface area contributed by atoms with Crippen LogP contribution in [0.25, 0.3) is 6.08 Å². The predicted molar refractivity (Wildman–Crippen MR) is 111 cm³/mol. The van der Waals surface area contributed by atoms with Crippen LogP contribution in [-0.4, -0.2) is 50.7 Å². The third-order valence-electron chi connectivity index (χ3n) is 6.56. The number of carbonyl (C=O) groups is 1. The van der Waals surface area contributed by atoms with E-state index in [1.165, 1.54) is 29.7 Å². The van der Waals surface area contributed by atoms with E-state index >= 15 is 0 Å². The Bertz CT molecular complexity index is 607. The third kappa shape index (κ3) is 5.91. The van der Waals surface area contributed by atoms with Gasteiger partial charge in [-0.3, -0.25) is 4.79 Å². The highest BCUT2D eigenvalue weighted by atomic mass is 16.2. The number of piperazine rings is 1. The number of nitrogens with one attached hydrogen (secondary N) is 3. The Morgan fingerprint density at radius 3 is 2.56 bits per heavy atom. The van der Waals surface area contributed by atoms with E-state index in [0.717, 1.165) is 39.1 Å². The van der Waals surface area contributed by atoms with Gasteiger partial charge in [-0.1, -0.05) is 56.2 Å². The van der Waals surface area contributed by atoms with Gasteiger partial charge in [0, 0.05) is 6.04 Å². The average molecular weight is 372 g/mol. The first-order chi connectivity index (χ1) is 13.1. The van der Waals surface area contributed by atoms with Gasteiger partial charge in [0.1, 0.15) is 26.2 Å². The molecule has 1 aliphatic heterocycles. The maximum absolute atomic E-state index is 12.7. The first-order valence-corrected chi connectivity index (χ1v) is 10.8. The summed E-state index contributed by atoms with van der Waals surface area (Å²) >= 11 is 0. The molecule has 0 radical (unpaired) electrons. The zero-order valence-corrected chi connectivity index (χ0v) is 17.0. The predicted octanol–water partition coefficient (Wildman–Crippen LogP) is 0.567. The summed E-state index contributed by atoms with van der Waals surface area (Å²) in [6.07, 6.45) is 9.49. The molecule has 2 fully saturated rings. The zero-order valence-electron chi connectivity index (χ0n) is 17.0. The summed E-state index contributed by atoms with van der Waals surface area (Å²) in [7, 11) is 0. The van der Waals surface area contributed by atoms with Crippen LogP contribution in [0.3, 0.4) is 0 Å². The van der Waals surface area contributed by atoms with Crippen LogP contribution in [0, 0.1) is 5.92 Å². The zero-order chi connectivity index (χ0) is 19.1. The second-order valence-corrected chi connectivity index (χ2v) is 8.52. The molecular weight excluding hydrogens is 334 g/mol. The minimum Gasteiger partial charge on any atom is -0.348 e. The number of quaternary nitrogens is 2. The van der Waals surface area contributed by atoms with E-state index in [1.807, 2.05) is 0 Å². The van der Waals surface area contributed by atoms with Crippen LogP contribution in [0.5, 0.6) is 0 Å². The van der Waals surface area contributed by atoms with Gasteiger partial charge in [0.2, 0.25) is 0 Å². The SMILES string of the molecule is C[C@H](C(=O)N[C@@H]1CCCC[C@@H]1C)[NH+]1CC[NH+](C/C=C/c2ccccc2)CC1. The van der Waals surface area contributed by atoms with Crippen LogP contribution >= 0.6 is 0 Å². The lowest BCUT2D eigenvalue weighted by Crippen LogP contribution is -3.30. The van der Waals surface area contributed by atoms with Gasteiger partial charge in [-0.15, -0.1) is 0 Å². The molecule has 27 heavy (non-hydrogen) atoms. The molecule has 0 aromatic heterocycles. The lowest BCUT2D eigenvalue weighted by atomic mass is 9.86. The Labute approximate surface area is 164 Å². The molecule has 1 aliphatic carbocycles. The lowest BCUT2D eigenvalue weighted by molar-refractivity contribution is -1.02. The smallest absolute Gasteiger partial charge is 0.278 e. The molecule has 3 N–H and O–H groups in total. The normalized spacial score (nSPS) is 30.1. The van der Waals surface area contributed by atoms with E-state index in [0.29, 0.717) is 12.0 Å². The monoisotopic (exact) mass is 371 g/mol. The summed E-state index contributed by atoms with van der Waals surface area (Å²) < 4.78 is 0. The average Bonchev–Trinajstić information content (AvgIpc) is 2.70. The first-order valence-electron chi connectivity index (χ1n) is 10.8. The quantitative estimate of drug-likeness (QED) is 0.672. The van der Waals surface area contributed by atoms with Gasteiger partial charge in [-0.2, -0.15) is 0 Å². The van der Waals surface area contributed by atoms with Crippen LogP contribution in [0.4, 0.5) is 0 Å². The van der Waals surface area contributed by atoms with Crippen molar-refractivity contribution in [2.24, 2.45) is 5.92 Å². The summed E-state index contributed by atoms with van der Waals surface area (Å²) in [6.45, 7) is 9.93. The maximum atomic E-state index is 12.7. The van der Waals surface area contributed by atoms with Crippen LogP contribution in [0.2, 0.25) is 0 Å². The standard InChI is InChI=1S/C23H35N3O/c1-19-9-6-7-13-22(19)24-23(27)20(2)26-17-15-25(16-18-26)14-8-12-21-10-4-3-5-11-21/h3-5,8,10-12,19-20,22H,6-7,9,13-18H2,1-2H3,(H,24,27)/p+2/b12-8+/t19-,20+,22+/m0/s1. The Hall–Kier alpha value is -1.65. The van der Waals surface area contributed by atoms with Crippen molar-refractivity contribution in [3.63, 3.8) is 0 Å². The van der Waals surface area contributed by atoms with Gasteiger partial charge in [0.25, 0.3) is 5.91 Å². The molecule has 3 atom stereocenters. The van der Waals surface area contributed by atoms with Gasteiger partial charge in [-0.05, 0) is 37.3 Å². The summed E-state index contributed by atoms with van der Waals surface area (Å²) in [4.78, 5) is 15.8. The van der Waals surface area contributed by atoms with Crippen LogP contribution in [0.15, 0.2) is 36.4 Å². The van der Waals surface area contributed by atoms with E-state index < -0.39 is 0 Å². The molecule has 2 aliphatic rings. The van der Waals surface area contributed by atoms with Crippen molar-refractivity contribution < 1.29 is 14.6 Å². The maximum Gasteiger partial charge on any atom is 0.278 e. The molecule has 0 spiro atoms. The van der Waals surface area contributed by atoms with Crippen molar-refractivity contribution in [2.45, 2.75) is 51.6 Å². The molecule has 1 saturated carbocycles. The fourth-order valence-electron chi connectivity index (χ4n) is 4.51. The molecule has 0 bridgehead atoms. The van der Waals surface area contributed by atoms with Gasteiger partial charge in [0.15, 0.2) is 6.04 Å². The van der Waals surface area contributed by atoms with E-state index in [2.05, 4.69) is 61.6 Å². The van der Waals surface area contributed by atoms with E-state index in [1.54, 1.807) is 4.90 Å². The molecule has 1 aromatic carbocycles. The van der Waals surface area contributed by atoms with E-state index in [-0.39, 0.29) is 11.9 Å². The minimum absolute atomic E-state index is 0.0699. The second kappa shape index (κ2) is 10.0. The minimum atomic E-state index is 0.0699. The highest BCUT2D eigenvalue weighted by Crippen LogP contribution is 2.23. The van der Waals surface area contributed by atoms with Gasteiger partial charge in [-0.25, -0.2) is 0 Å². The van der Waals surface area contributed by atoms with Crippen molar-refractivity contribution >= 4 is 12.0 Å². The fourth-order valence-corrected chi connectivity index (χ4v) is 4.51. The second-order valence-electron chi connectivity index (χ2n) is 8.52. The summed E-state index contributed by atoms with van der Waals surface area (Å²) in [5.74, 6) is 0.888. The van der Waals surface area contributed by atoms with Gasteiger partial charge >= 0.3 is 0 Å². The van der Waals surface area contributed by atoms with E-state index in [9.17, 15) is 4.79 Å². The Morgan fingerprint density at radius 2 is 1.85 bits per heavy atom. The van der Waals surface area contributed by atoms with Crippen molar-refractivity contribution in [3.8, 4) is 0 Å². The molecule has 4 heteroatoms. The van der Waals surface area contributed by atoms with Gasteiger partial charge < -0.3 is 15.1 Å². The van der Waals surface area contributed by atoms with Crippen LogP contribution < -0.4 is 15.1 Å². The number of carbonyl (C=O) groups excluding carboxylic acids is 1. The molecule has 1 saturated heterocycles. The number of amides is 1. The molecule has 1 amide bonds. The van der Waals surface area contributed by atoms with Crippen molar-refractivity contribution in [1.82, 2.24) is 5.32 Å². The van der Waals surface area contributed by atoms with Crippen molar-refractivity contribution in [3.05, 3.63) is 42.0 Å². The van der Waals surface area contributed by atoms with E-state index in [4.69, 9.17) is 0 Å². The van der Waals surface area contributed by atoms with Gasteiger partial charge in [0.05, 0.1) is 6.54 Å². The Balaban J connectivity index is 1.40. The topological polar surface area (TPSA) is 38.0 Å². The fraction of sp³-hybridized carbons (Fsp3) is 0.609. The molecule has 0 unspecified atom stereocenters. The number of rotatable bonds is 6. The van der Waals surface area contributed by atoms with Crippen LogP contribution in [0.1, 0.15) is 45.1 Å². The largest absolute Gasteiger partial charge is 0.348 e. The number of hydrogen-bond acceptors (Lipinski definition) is 1. The number of hydrogen-bond donors (Lipinski definition) is 3. The molecule has 3 rings (SSSR count). The highest BCUT2D eigenvalue weighted by Gasteiger charge is 2.32. The Kier molecular flexibility index (Phi) is 7.48. The first kappa shape index (κ1) is 20.1. The summed E-state index contributed by atoms with van der Waals surface area (Å²) in [5.41, 5.74) is 1.27.